The predicted octanol–water partition coefficient (Wildman–Crippen LogP) is 1.77. The minimum absolute atomic E-state index is 0.0401. The van der Waals surface area contributed by atoms with Gasteiger partial charge < -0.3 is 26.8 Å². The predicted molar refractivity (Wildman–Crippen MR) is 116 cm³/mol. The first-order valence-electron chi connectivity index (χ1n) is 9.02. The molecule has 1 aliphatic heterocycles. The summed E-state index contributed by atoms with van der Waals surface area (Å²) in [6.45, 7) is 2.99. The molecule has 0 aliphatic carbocycles. The molecule has 1 aliphatic rings. The third-order valence-electron chi connectivity index (χ3n) is 4.43. The lowest BCUT2D eigenvalue weighted by molar-refractivity contribution is 0.100. The number of hydrogen-bond donors (Lipinski definition) is 4. The van der Waals surface area contributed by atoms with Crippen molar-refractivity contribution in [1.29, 1.82) is 0 Å². The van der Waals surface area contributed by atoms with Crippen molar-refractivity contribution in [3.05, 3.63) is 46.0 Å². The number of carbonyl (C=O) groups is 1. The standard InChI is InChI=1S/C19H22ClN5O4S/c1-10-5-11(18(26)25-19(21)22)7-15-16(10)29-17-12(9-30(15,27)28)6-13(8-14(17)20)24-4-3-23-2/h5-8,23-24H,3-4,9H2,1-2H3,(H4,21,22,25,26). The molecule has 160 valence electrons. The number of rotatable bonds is 5. The summed E-state index contributed by atoms with van der Waals surface area (Å²) in [7, 11) is -2.01. The lowest BCUT2D eigenvalue weighted by Crippen LogP contribution is -2.24. The molecule has 1 amide bonds. The highest BCUT2D eigenvalue weighted by atomic mass is 35.5. The number of aliphatic imine (C=N–C) groups is 1. The average Bonchev–Trinajstić information content (AvgIpc) is 2.75. The summed E-state index contributed by atoms with van der Waals surface area (Å²) in [6, 6.07) is 6.06. The van der Waals surface area contributed by atoms with Gasteiger partial charge in [-0.25, -0.2) is 8.42 Å². The lowest BCUT2D eigenvalue weighted by Gasteiger charge is -2.14. The Morgan fingerprint density at radius 1 is 1.20 bits per heavy atom. The Morgan fingerprint density at radius 2 is 1.93 bits per heavy atom. The number of sulfone groups is 1. The van der Waals surface area contributed by atoms with E-state index in [2.05, 4.69) is 15.6 Å². The molecule has 2 aromatic carbocycles. The molecule has 0 atom stereocenters. The fourth-order valence-electron chi connectivity index (χ4n) is 3.10. The number of ether oxygens (including phenoxy) is 1. The highest BCUT2D eigenvalue weighted by molar-refractivity contribution is 7.90. The van der Waals surface area contributed by atoms with E-state index in [1.807, 2.05) is 7.05 Å². The van der Waals surface area contributed by atoms with Crippen molar-refractivity contribution >= 4 is 39.0 Å². The van der Waals surface area contributed by atoms with Gasteiger partial charge in [-0.15, -0.1) is 0 Å². The molecule has 9 nitrogen and oxygen atoms in total. The Balaban J connectivity index is 2.09. The molecule has 0 bridgehead atoms. The number of amides is 1. The number of fused-ring (bicyclic) bond motifs is 2. The Bertz CT molecular complexity index is 1140. The first-order valence-corrected chi connectivity index (χ1v) is 11.1. The summed E-state index contributed by atoms with van der Waals surface area (Å²) in [6.07, 6.45) is 0. The lowest BCUT2D eigenvalue weighted by atomic mass is 10.1. The van der Waals surface area contributed by atoms with Crippen LogP contribution in [0, 0.1) is 6.92 Å². The first kappa shape index (κ1) is 21.9. The number of guanidine groups is 1. The monoisotopic (exact) mass is 451 g/mol. The Kier molecular flexibility index (Phi) is 6.20. The van der Waals surface area contributed by atoms with Gasteiger partial charge in [-0.05, 0) is 43.8 Å². The van der Waals surface area contributed by atoms with Gasteiger partial charge in [-0.2, -0.15) is 4.99 Å². The van der Waals surface area contributed by atoms with Crippen LogP contribution in [0.5, 0.6) is 11.5 Å². The maximum atomic E-state index is 13.1. The van der Waals surface area contributed by atoms with Gasteiger partial charge in [0.05, 0.1) is 10.8 Å². The van der Waals surface area contributed by atoms with Crippen LogP contribution in [0.15, 0.2) is 34.2 Å². The van der Waals surface area contributed by atoms with Gasteiger partial charge in [0, 0.05) is 29.9 Å². The molecule has 0 spiro atoms. The van der Waals surface area contributed by atoms with Crippen molar-refractivity contribution < 1.29 is 17.9 Å². The summed E-state index contributed by atoms with van der Waals surface area (Å²) in [5.41, 5.74) is 12.1. The largest absolute Gasteiger partial charge is 0.454 e. The van der Waals surface area contributed by atoms with Crippen molar-refractivity contribution in [2.45, 2.75) is 17.6 Å². The number of carbonyl (C=O) groups excluding carboxylic acids is 1. The second-order valence-electron chi connectivity index (χ2n) is 6.80. The van der Waals surface area contributed by atoms with Gasteiger partial charge in [0.25, 0.3) is 5.91 Å². The summed E-state index contributed by atoms with van der Waals surface area (Å²) in [5.74, 6) is -1.11. The summed E-state index contributed by atoms with van der Waals surface area (Å²) in [4.78, 5) is 15.6. The number of benzene rings is 2. The first-order chi connectivity index (χ1) is 14.1. The van der Waals surface area contributed by atoms with Gasteiger partial charge in [-0.1, -0.05) is 11.6 Å². The molecule has 0 aromatic heterocycles. The number of anilines is 1. The van der Waals surface area contributed by atoms with Crippen LogP contribution in [0.4, 0.5) is 5.69 Å². The minimum Gasteiger partial charge on any atom is -0.454 e. The van der Waals surface area contributed by atoms with Crippen molar-refractivity contribution in [2.24, 2.45) is 16.5 Å². The number of hydrogen-bond acceptors (Lipinski definition) is 6. The van der Waals surface area contributed by atoms with Crippen LogP contribution in [0.2, 0.25) is 5.02 Å². The van der Waals surface area contributed by atoms with Crippen molar-refractivity contribution in [3.63, 3.8) is 0 Å². The van der Waals surface area contributed by atoms with E-state index in [9.17, 15) is 13.2 Å². The van der Waals surface area contributed by atoms with E-state index in [0.29, 0.717) is 23.4 Å². The summed E-state index contributed by atoms with van der Waals surface area (Å²) < 4.78 is 32.2. The molecular weight excluding hydrogens is 430 g/mol. The van der Waals surface area contributed by atoms with Gasteiger partial charge in [0.1, 0.15) is 16.4 Å². The molecule has 30 heavy (non-hydrogen) atoms. The maximum absolute atomic E-state index is 13.1. The molecular formula is C19H22ClN5O4S. The van der Waals surface area contributed by atoms with Crippen LogP contribution in [0.1, 0.15) is 21.5 Å². The topological polar surface area (TPSA) is 149 Å². The number of likely N-dealkylation sites (N-methyl/N-ethyl adjacent to an activating group) is 1. The summed E-state index contributed by atoms with van der Waals surface area (Å²) in [5, 5.41) is 6.47. The zero-order valence-electron chi connectivity index (χ0n) is 16.5. The van der Waals surface area contributed by atoms with Gasteiger partial charge in [0.15, 0.2) is 15.8 Å². The van der Waals surface area contributed by atoms with E-state index in [1.54, 1.807) is 19.1 Å². The van der Waals surface area contributed by atoms with E-state index in [1.165, 1.54) is 12.1 Å². The SMILES string of the molecule is CNCCNc1cc(Cl)c2c(c1)CS(=O)(=O)c1cc(C(=O)N=C(N)N)cc(C)c1O2. The number of nitrogens with zero attached hydrogens (tertiary/aromatic N) is 1. The van der Waals surface area contributed by atoms with E-state index in [-0.39, 0.29) is 32.7 Å². The smallest absolute Gasteiger partial charge is 0.280 e. The van der Waals surface area contributed by atoms with Crippen LogP contribution < -0.4 is 26.8 Å². The van der Waals surface area contributed by atoms with Crippen LogP contribution in [-0.4, -0.2) is 40.4 Å². The number of aryl methyl sites for hydroxylation is 1. The number of nitrogens with two attached hydrogens (primary N) is 2. The molecule has 2 aromatic rings. The molecule has 6 N–H and O–H groups in total. The maximum Gasteiger partial charge on any atom is 0.280 e. The average molecular weight is 452 g/mol. The minimum atomic E-state index is -3.84. The van der Waals surface area contributed by atoms with Crippen LogP contribution >= 0.6 is 11.6 Å². The molecule has 0 saturated heterocycles. The van der Waals surface area contributed by atoms with Crippen molar-refractivity contribution in [1.82, 2.24) is 5.32 Å². The molecule has 11 heteroatoms. The van der Waals surface area contributed by atoms with Gasteiger partial charge in [-0.3, -0.25) is 4.79 Å². The normalized spacial score (nSPS) is 14.0. The second kappa shape index (κ2) is 8.50. The van der Waals surface area contributed by atoms with E-state index >= 15 is 0 Å². The molecule has 3 rings (SSSR count). The Hall–Kier alpha value is -2.82. The Labute approximate surface area is 179 Å². The highest BCUT2D eigenvalue weighted by Gasteiger charge is 2.31. The van der Waals surface area contributed by atoms with Crippen LogP contribution in [0.3, 0.4) is 0 Å². The highest BCUT2D eigenvalue weighted by Crippen LogP contribution is 2.44. The van der Waals surface area contributed by atoms with E-state index < -0.39 is 21.7 Å². The van der Waals surface area contributed by atoms with Crippen LogP contribution in [0.25, 0.3) is 0 Å². The molecule has 0 saturated carbocycles. The quantitative estimate of drug-likeness (QED) is 0.305. The molecule has 0 fully saturated rings. The van der Waals surface area contributed by atoms with Gasteiger partial charge >= 0.3 is 0 Å². The van der Waals surface area contributed by atoms with Crippen molar-refractivity contribution in [3.8, 4) is 11.5 Å². The van der Waals surface area contributed by atoms with Crippen LogP contribution in [-0.2, 0) is 15.6 Å². The van der Waals surface area contributed by atoms with E-state index in [0.717, 1.165) is 6.54 Å². The molecule has 1 heterocycles. The third kappa shape index (κ3) is 4.50. The Morgan fingerprint density at radius 3 is 2.60 bits per heavy atom. The second-order valence-corrected chi connectivity index (χ2v) is 9.17. The molecule has 0 unspecified atom stereocenters. The zero-order valence-corrected chi connectivity index (χ0v) is 18.0. The van der Waals surface area contributed by atoms with E-state index in [4.69, 9.17) is 27.8 Å². The molecule has 0 radical (unpaired) electrons. The number of halogens is 1. The fourth-order valence-corrected chi connectivity index (χ4v) is 4.95. The van der Waals surface area contributed by atoms with Crippen molar-refractivity contribution in [2.75, 3.05) is 25.5 Å². The fraction of sp³-hybridized carbons (Fsp3) is 0.263. The summed E-state index contributed by atoms with van der Waals surface area (Å²) >= 11 is 6.41. The third-order valence-corrected chi connectivity index (χ3v) is 6.37. The van der Waals surface area contributed by atoms with Gasteiger partial charge in [0.2, 0.25) is 0 Å². The zero-order chi connectivity index (χ0) is 22.1. The number of nitrogens with one attached hydrogen (secondary N) is 2.